The summed E-state index contributed by atoms with van der Waals surface area (Å²) in [6.45, 7) is 1.13. The predicted molar refractivity (Wildman–Crippen MR) is 117 cm³/mol. The highest BCUT2D eigenvalue weighted by Crippen LogP contribution is 2.31. The molecule has 0 N–H and O–H groups in total. The van der Waals surface area contributed by atoms with Crippen molar-refractivity contribution >= 4 is 33.7 Å². The lowest BCUT2D eigenvalue weighted by Crippen LogP contribution is -3.00. The van der Waals surface area contributed by atoms with E-state index in [0.29, 0.717) is 0 Å². The zero-order valence-electron chi connectivity index (χ0n) is 17.3. The molecule has 1 aliphatic carbocycles. The van der Waals surface area contributed by atoms with E-state index in [2.05, 4.69) is 59.0 Å². The largest absolute Gasteiger partial charge is 1.00 e. The molecule has 1 aromatic carbocycles. The maximum Gasteiger partial charge on any atom is 0.238 e. The number of aromatic nitrogens is 2. The highest BCUT2D eigenvalue weighted by atomic mass is 127. The zero-order chi connectivity index (χ0) is 18.6. The Hall–Kier alpha value is -0.750. The molecule has 1 aliphatic rings. The molecule has 4 rings (SSSR count). The van der Waals surface area contributed by atoms with Crippen LogP contribution in [0.3, 0.4) is 0 Å². The van der Waals surface area contributed by atoms with E-state index in [4.69, 9.17) is 0 Å². The van der Waals surface area contributed by atoms with Crippen LogP contribution in [-0.2, 0) is 13.6 Å². The van der Waals surface area contributed by atoms with Crippen molar-refractivity contribution in [3.8, 4) is 0 Å². The lowest BCUT2D eigenvalue weighted by atomic mass is 9.85. The summed E-state index contributed by atoms with van der Waals surface area (Å²) in [5.41, 5.74) is 4.13. The fraction of sp³-hybridized carbons (Fsp3) is 0.542. The van der Waals surface area contributed by atoms with Gasteiger partial charge in [-0.25, -0.2) is 0 Å². The first-order valence-electron chi connectivity index (χ1n) is 10.7. The molecule has 0 atom stereocenters. The summed E-state index contributed by atoms with van der Waals surface area (Å²) in [7, 11) is 2.17. The topological polar surface area (TPSA) is 8.81 Å². The zero-order valence-corrected chi connectivity index (χ0v) is 20.3. The second-order valence-electron chi connectivity index (χ2n) is 8.24. The average molecular weight is 509 g/mol. The molecule has 28 heavy (non-hydrogen) atoms. The highest BCUT2D eigenvalue weighted by Gasteiger charge is 2.18. The number of thioether (sulfide) groups is 1. The molecule has 152 valence electrons. The van der Waals surface area contributed by atoms with Crippen LogP contribution in [0.5, 0.6) is 0 Å². The van der Waals surface area contributed by atoms with Gasteiger partial charge >= 0.3 is 0 Å². The van der Waals surface area contributed by atoms with Gasteiger partial charge < -0.3 is 28.5 Å². The van der Waals surface area contributed by atoms with Crippen molar-refractivity contribution in [1.29, 1.82) is 0 Å². The van der Waals surface area contributed by atoms with E-state index in [-0.39, 0.29) is 24.0 Å². The Morgan fingerprint density at radius 3 is 2.64 bits per heavy atom. The molecule has 0 bridgehead atoms. The van der Waals surface area contributed by atoms with Gasteiger partial charge in [0.1, 0.15) is 12.6 Å². The Morgan fingerprint density at radius 1 is 1.04 bits per heavy atom. The molecule has 0 saturated heterocycles. The van der Waals surface area contributed by atoms with Crippen LogP contribution in [0.15, 0.2) is 41.4 Å². The van der Waals surface area contributed by atoms with E-state index < -0.39 is 0 Å². The van der Waals surface area contributed by atoms with Crippen LogP contribution in [0.25, 0.3) is 21.9 Å². The summed E-state index contributed by atoms with van der Waals surface area (Å²) in [6.07, 6.45) is 17.2. The van der Waals surface area contributed by atoms with Gasteiger partial charge in [0.15, 0.2) is 6.20 Å². The lowest BCUT2D eigenvalue weighted by Gasteiger charge is -2.21. The number of aryl methyl sites for hydroxylation is 2. The van der Waals surface area contributed by atoms with Gasteiger partial charge in [-0.05, 0) is 42.9 Å². The van der Waals surface area contributed by atoms with Crippen LogP contribution in [0.4, 0.5) is 0 Å². The van der Waals surface area contributed by atoms with Crippen LogP contribution in [0, 0.1) is 5.92 Å². The molecule has 0 aliphatic heterocycles. The standard InChI is InChI=1S/C24H33N2S.HI/c1-25-16-9-13-23-24(25)21-18-20(27-2)14-15-22(21)26(23)17-8-4-7-12-19-10-5-3-6-11-19;/h9,13-16,18-19H,3-8,10-12,17H2,1-2H3;1H/q+1;/p-1. The minimum Gasteiger partial charge on any atom is -1.00 e. The smallest absolute Gasteiger partial charge is 0.238 e. The van der Waals surface area contributed by atoms with Crippen LogP contribution >= 0.6 is 11.8 Å². The van der Waals surface area contributed by atoms with Gasteiger partial charge in [-0.15, -0.1) is 11.8 Å². The van der Waals surface area contributed by atoms with Crippen molar-refractivity contribution in [2.45, 2.75) is 69.2 Å². The number of fused-ring (bicyclic) bond motifs is 3. The molecular weight excluding hydrogens is 475 g/mol. The van der Waals surface area contributed by atoms with Gasteiger partial charge in [-0.1, -0.05) is 51.4 Å². The van der Waals surface area contributed by atoms with E-state index in [1.54, 1.807) is 0 Å². The molecule has 0 radical (unpaired) electrons. The lowest BCUT2D eigenvalue weighted by molar-refractivity contribution is -0.644. The summed E-state index contributed by atoms with van der Waals surface area (Å²) in [4.78, 5) is 1.35. The quantitative estimate of drug-likeness (QED) is 0.206. The number of hydrogen-bond acceptors (Lipinski definition) is 1. The first-order chi connectivity index (χ1) is 13.3. The van der Waals surface area contributed by atoms with Crippen molar-refractivity contribution in [1.82, 2.24) is 4.57 Å². The summed E-state index contributed by atoms with van der Waals surface area (Å²) in [6, 6.07) is 11.4. The number of halogens is 1. The molecule has 1 fully saturated rings. The third kappa shape index (κ3) is 4.69. The second-order valence-corrected chi connectivity index (χ2v) is 9.12. The van der Waals surface area contributed by atoms with Crippen LogP contribution < -0.4 is 28.5 Å². The summed E-state index contributed by atoms with van der Waals surface area (Å²) in [5, 5.41) is 1.39. The van der Waals surface area contributed by atoms with Crippen LogP contribution in [0.1, 0.15) is 57.8 Å². The third-order valence-corrected chi connectivity index (χ3v) is 7.14. The molecule has 2 aromatic heterocycles. The highest BCUT2D eigenvalue weighted by molar-refractivity contribution is 7.98. The molecule has 0 unspecified atom stereocenters. The number of pyridine rings is 1. The second kappa shape index (κ2) is 10.3. The average Bonchev–Trinajstić information content (AvgIpc) is 3.02. The van der Waals surface area contributed by atoms with Crippen molar-refractivity contribution in [2.75, 3.05) is 6.26 Å². The maximum atomic E-state index is 2.55. The molecule has 0 amide bonds. The molecule has 2 heterocycles. The minimum absolute atomic E-state index is 0. The number of nitrogens with zero attached hydrogens (tertiary/aromatic N) is 2. The van der Waals surface area contributed by atoms with Crippen molar-refractivity contribution < 1.29 is 28.5 Å². The normalized spacial score (nSPS) is 15.2. The molecule has 3 aromatic rings. The van der Waals surface area contributed by atoms with Gasteiger partial charge in [0.05, 0.1) is 10.9 Å². The maximum absolute atomic E-state index is 2.55. The molecular formula is C24H33IN2S. The Labute approximate surface area is 191 Å². The fourth-order valence-corrected chi connectivity index (χ4v) is 5.38. The number of rotatable bonds is 7. The molecule has 1 saturated carbocycles. The SMILES string of the molecule is CSc1ccc2c(c1)c1c(ccc[n+]1C)n2CCCCCC1CCCCC1.[I-]. The monoisotopic (exact) mass is 508 g/mol. The van der Waals surface area contributed by atoms with Gasteiger partial charge in [0, 0.05) is 17.5 Å². The van der Waals surface area contributed by atoms with E-state index in [1.807, 2.05) is 11.8 Å². The summed E-state index contributed by atoms with van der Waals surface area (Å²) >= 11 is 1.83. The Bertz CT molecular complexity index is 912. The fourth-order valence-electron chi connectivity index (χ4n) is 4.94. The third-order valence-electron chi connectivity index (χ3n) is 6.42. The minimum atomic E-state index is 0. The number of hydrogen-bond donors (Lipinski definition) is 0. The van der Waals surface area contributed by atoms with Gasteiger partial charge in [-0.2, -0.15) is 4.57 Å². The van der Waals surface area contributed by atoms with Gasteiger partial charge in [0.2, 0.25) is 5.52 Å². The van der Waals surface area contributed by atoms with E-state index in [0.717, 1.165) is 12.5 Å². The summed E-state index contributed by atoms with van der Waals surface area (Å²) < 4.78 is 4.83. The molecule has 2 nitrogen and oxygen atoms in total. The predicted octanol–water partition coefficient (Wildman–Crippen LogP) is 3.49. The first-order valence-corrected chi connectivity index (χ1v) is 11.9. The van der Waals surface area contributed by atoms with Crippen molar-refractivity contribution in [2.24, 2.45) is 13.0 Å². The van der Waals surface area contributed by atoms with Crippen LogP contribution in [0.2, 0.25) is 0 Å². The van der Waals surface area contributed by atoms with E-state index >= 15 is 0 Å². The van der Waals surface area contributed by atoms with Crippen molar-refractivity contribution in [3.63, 3.8) is 0 Å². The Balaban J connectivity index is 0.00000225. The van der Waals surface area contributed by atoms with Crippen LogP contribution in [-0.4, -0.2) is 10.8 Å². The summed E-state index contributed by atoms with van der Waals surface area (Å²) in [5.74, 6) is 1.02. The van der Waals surface area contributed by atoms with Gasteiger partial charge in [-0.3, -0.25) is 0 Å². The number of unbranched alkanes of at least 4 members (excludes halogenated alkanes) is 2. The first kappa shape index (κ1) is 21.9. The van der Waals surface area contributed by atoms with Crippen molar-refractivity contribution in [3.05, 3.63) is 36.5 Å². The molecule has 0 spiro atoms. The Kier molecular flexibility index (Phi) is 8.10. The molecule has 4 heteroatoms. The van der Waals surface area contributed by atoms with Gasteiger partial charge in [0.25, 0.3) is 0 Å². The Morgan fingerprint density at radius 2 is 1.86 bits per heavy atom. The number of benzene rings is 1. The van der Waals surface area contributed by atoms with E-state index in [9.17, 15) is 0 Å². The van der Waals surface area contributed by atoms with E-state index in [1.165, 1.54) is 84.6 Å².